The SMILES string of the molecule is Cc1nc(C(=O)OC(CCc2ccccc2)c2nccn2C)cs1. The summed E-state index contributed by atoms with van der Waals surface area (Å²) in [5.41, 5.74) is 1.56. The molecule has 5 nitrogen and oxygen atoms in total. The third-order valence-corrected chi connectivity index (χ3v) is 4.54. The lowest BCUT2D eigenvalue weighted by molar-refractivity contribution is 0.0243. The molecule has 124 valence electrons. The maximum atomic E-state index is 12.4. The van der Waals surface area contributed by atoms with E-state index in [9.17, 15) is 4.79 Å². The molecule has 3 aromatic rings. The first-order valence-corrected chi connectivity index (χ1v) is 8.65. The second-order valence-corrected chi connectivity index (χ2v) is 6.63. The van der Waals surface area contributed by atoms with Crippen molar-refractivity contribution >= 4 is 17.3 Å². The smallest absolute Gasteiger partial charge is 0.358 e. The van der Waals surface area contributed by atoms with E-state index in [0.29, 0.717) is 12.1 Å². The van der Waals surface area contributed by atoms with Crippen LogP contribution in [0.3, 0.4) is 0 Å². The van der Waals surface area contributed by atoms with Crippen molar-refractivity contribution in [3.8, 4) is 0 Å². The van der Waals surface area contributed by atoms with Crippen LogP contribution < -0.4 is 0 Å². The summed E-state index contributed by atoms with van der Waals surface area (Å²) >= 11 is 1.44. The zero-order valence-corrected chi connectivity index (χ0v) is 14.5. The minimum atomic E-state index is -0.403. The number of hydrogen-bond acceptors (Lipinski definition) is 5. The number of thiazole rings is 1. The topological polar surface area (TPSA) is 57.0 Å². The van der Waals surface area contributed by atoms with E-state index in [4.69, 9.17) is 4.74 Å². The lowest BCUT2D eigenvalue weighted by atomic mass is 10.1. The van der Waals surface area contributed by atoms with E-state index in [0.717, 1.165) is 17.3 Å². The molecule has 6 heteroatoms. The number of esters is 1. The van der Waals surface area contributed by atoms with Gasteiger partial charge in [0.1, 0.15) is 5.82 Å². The highest BCUT2D eigenvalue weighted by atomic mass is 32.1. The van der Waals surface area contributed by atoms with Gasteiger partial charge in [0.05, 0.1) is 5.01 Å². The van der Waals surface area contributed by atoms with Gasteiger partial charge in [-0.25, -0.2) is 14.8 Å². The predicted molar refractivity (Wildman–Crippen MR) is 93.0 cm³/mol. The molecule has 0 fully saturated rings. The monoisotopic (exact) mass is 341 g/mol. The number of nitrogens with zero attached hydrogens (tertiary/aromatic N) is 3. The molecular formula is C18H19N3O2S. The van der Waals surface area contributed by atoms with Crippen molar-refractivity contribution in [3.05, 3.63) is 70.2 Å². The van der Waals surface area contributed by atoms with E-state index in [1.165, 1.54) is 16.9 Å². The van der Waals surface area contributed by atoms with Crippen molar-refractivity contribution < 1.29 is 9.53 Å². The largest absolute Gasteiger partial charge is 0.449 e. The molecular weight excluding hydrogens is 322 g/mol. The average Bonchev–Trinajstić information content (AvgIpc) is 3.21. The van der Waals surface area contributed by atoms with Gasteiger partial charge in [0.15, 0.2) is 11.8 Å². The number of carbonyl (C=O) groups excluding carboxylic acids is 1. The van der Waals surface area contributed by atoms with Crippen LogP contribution in [0.15, 0.2) is 48.1 Å². The molecule has 0 aliphatic carbocycles. The summed E-state index contributed by atoms with van der Waals surface area (Å²) in [6.45, 7) is 1.87. The Morgan fingerprint density at radius 2 is 2.12 bits per heavy atom. The van der Waals surface area contributed by atoms with Crippen LogP contribution in [0.5, 0.6) is 0 Å². The molecule has 0 aliphatic heterocycles. The zero-order valence-electron chi connectivity index (χ0n) is 13.7. The summed E-state index contributed by atoms with van der Waals surface area (Å²) in [7, 11) is 1.90. The predicted octanol–water partition coefficient (Wildman–Crippen LogP) is 3.72. The Morgan fingerprint density at radius 3 is 2.75 bits per heavy atom. The fraction of sp³-hybridized carbons (Fsp3) is 0.278. The molecule has 2 aromatic heterocycles. The Balaban J connectivity index is 1.75. The Labute approximate surface area is 145 Å². The van der Waals surface area contributed by atoms with Gasteiger partial charge in [0.25, 0.3) is 0 Å². The van der Waals surface area contributed by atoms with Crippen molar-refractivity contribution in [2.45, 2.75) is 25.9 Å². The highest BCUT2D eigenvalue weighted by Crippen LogP contribution is 2.23. The molecule has 0 saturated carbocycles. The van der Waals surface area contributed by atoms with Crippen LogP contribution in [-0.2, 0) is 18.2 Å². The fourth-order valence-electron chi connectivity index (χ4n) is 2.52. The maximum absolute atomic E-state index is 12.4. The molecule has 0 bridgehead atoms. The molecule has 3 rings (SSSR count). The quantitative estimate of drug-likeness (QED) is 0.641. The summed E-state index contributed by atoms with van der Waals surface area (Å²) in [6, 6.07) is 10.1. The fourth-order valence-corrected chi connectivity index (χ4v) is 3.10. The second kappa shape index (κ2) is 7.40. The lowest BCUT2D eigenvalue weighted by Crippen LogP contribution is -2.16. The van der Waals surface area contributed by atoms with Crippen LogP contribution in [0.25, 0.3) is 0 Å². The molecule has 2 heterocycles. The van der Waals surface area contributed by atoms with Crippen LogP contribution in [0.2, 0.25) is 0 Å². The molecule has 1 atom stereocenters. The Bertz CT molecular complexity index is 811. The third-order valence-electron chi connectivity index (χ3n) is 3.76. The van der Waals surface area contributed by atoms with Crippen LogP contribution in [0.4, 0.5) is 0 Å². The van der Waals surface area contributed by atoms with Gasteiger partial charge in [-0.05, 0) is 25.3 Å². The summed E-state index contributed by atoms with van der Waals surface area (Å²) in [6.07, 6.45) is 4.64. The van der Waals surface area contributed by atoms with Gasteiger partial charge >= 0.3 is 5.97 Å². The van der Waals surface area contributed by atoms with Gasteiger partial charge in [0, 0.05) is 24.8 Å². The van der Waals surface area contributed by atoms with Crippen molar-refractivity contribution in [3.63, 3.8) is 0 Å². The molecule has 1 aromatic carbocycles. The van der Waals surface area contributed by atoms with E-state index < -0.39 is 12.1 Å². The number of imidazole rings is 1. The Morgan fingerprint density at radius 1 is 1.33 bits per heavy atom. The van der Waals surface area contributed by atoms with Gasteiger partial charge in [-0.2, -0.15) is 0 Å². The number of aromatic nitrogens is 3. The summed E-state index contributed by atoms with van der Waals surface area (Å²) in [5, 5.41) is 2.57. The van der Waals surface area contributed by atoms with E-state index in [-0.39, 0.29) is 0 Å². The molecule has 1 unspecified atom stereocenters. The summed E-state index contributed by atoms with van der Waals surface area (Å²) in [4.78, 5) is 20.9. The average molecular weight is 341 g/mol. The molecule has 24 heavy (non-hydrogen) atoms. The lowest BCUT2D eigenvalue weighted by Gasteiger charge is -2.17. The van der Waals surface area contributed by atoms with Gasteiger partial charge in [-0.1, -0.05) is 30.3 Å². The minimum Gasteiger partial charge on any atom is -0.449 e. The first-order chi connectivity index (χ1) is 11.6. The van der Waals surface area contributed by atoms with Gasteiger partial charge in [0.2, 0.25) is 0 Å². The van der Waals surface area contributed by atoms with Gasteiger partial charge < -0.3 is 9.30 Å². The first-order valence-electron chi connectivity index (χ1n) is 7.77. The molecule has 0 saturated heterocycles. The molecule has 0 spiro atoms. The number of benzene rings is 1. The van der Waals surface area contributed by atoms with Crippen LogP contribution >= 0.6 is 11.3 Å². The van der Waals surface area contributed by atoms with Crippen molar-refractivity contribution in [2.24, 2.45) is 7.05 Å². The molecule has 0 amide bonds. The maximum Gasteiger partial charge on any atom is 0.358 e. The molecule has 0 aliphatic rings. The number of rotatable bonds is 6. The van der Waals surface area contributed by atoms with Crippen LogP contribution in [0.1, 0.15) is 39.4 Å². The molecule has 0 radical (unpaired) electrons. The number of ether oxygens (including phenoxy) is 1. The van der Waals surface area contributed by atoms with E-state index in [1.54, 1.807) is 11.6 Å². The minimum absolute atomic E-state index is 0.358. The van der Waals surface area contributed by atoms with Crippen LogP contribution in [-0.4, -0.2) is 20.5 Å². The van der Waals surface area contributed by atoms with E-state index >= 15 is 0 Å². The van der Waals surface area contributed by atoms with Gasteiger partial charge in [-0.15, -0.1) is 11.3 Å². The number of aryl methyl sites for hydroxylation is 3. The molecule has 0 N–H and O–H groups in total. The van der Waals surface area contributed by atoms with E-state index in [2.05, 4.69) is 22.1 Å². The van der Waals surface area contributed by atoms with Crippen molar-refractivity contribution in [1.82, 2.24) is 14.5 Å². The third kappa shape index (κ3) is 3.89. The Hall–Kier alpha value is -2.47. The number of carbonyl (C=O) groups is 1. The second-order valence-electron chi connectivity index (χ2n) is 5.57. The highest BCUT2D eigenvalue weighted by Gasteiger charge is 2.22. The first kappa shape index (κ1) is 16.4. The normalized spacial score (nSPS) is 12.1. The highest BCUT2D eigenvalue weighted by molar-refractivity contribution is 7.09. The Kier molecular flexibility index (Phi) is 5.05. The van der Waals surface area contributed by atoms with Crippen molar-refractivity contribution in [1.29, 1.82) is 0 Å². The van der Waals surface area contributed by atoms with E-state index in [1.807, 2.05) is 42.9 Å². The zero-order chi connectivity index (χ0) is 16.9. The summed E-state index contributed by atoms with van der Waals surface area (Å²) in [5.74, 6) is 0.339. The number of hydrogen-bond donors (Lipinski definition) is 0. The van der Waals surface area contributed by atoms with Gasteiger partial charge in [-0.3, -0.25) is 0 Å². The standard InChI is InChI=1S/C18H19N3O2S/c1-13-20-15(12-24-13)18(22)23-16(17-19-10-11-21(17)2)9-8-14-6-4-3-5-7-14/h3-7,10-12,16H,8-9H2,1-2H3. The summed E-state index contributed by atoms with van der Waals surface area (Å²) < 4.78 is 7.60. The van der Waals surface area contributed by atoms with Crippen molar-refractivity contribution in [2.75, 3.05) is 0 Å². The van der Waals surface area contributed by atoms with Crippen LogP contribution in [0, 0.1) is 6.92 Å².